The SMILES string of the molecule is Cc1cc(CNC(=O)c2cccnc2Cl)cc(C)c1F. The van der Waals surface area contributed by atoms with E-state index >= 15 is 0 Å². The van der Waals surface area contributed by atoms with Crippen molar-refractivity contribution in [2.45, 2.75) is 20.4 Å². The lowest BCUT2D eigenvalue weighted by Gasteiger charge is -2.09. The first-order valence-corrected chi connectivity index (χ1v) is 6.51. The number of hydrogen-bond donors (Lipinski definition) is 1. The molecule has 0 radical (unpaired) electrons. The lowest BCUT2D eigenvalue weighted by atomic mass is 10.1. The van der Waals surface area contributed by atoms with Crippen molar-refractivity contribution in [3.63, 3.8) is 0 Å². The molecule has 0 spiro atoms. The van der Waals surface area contributed by atoms with Crippen LogP contribution in [0.4, 0.5) is 4.39 Å². The molecule has 0 aliphatic rings. The highest BCUT2D eigenvalue weighted by molar-refractivity contribution is 6.32. The first-order valence-electron chi connectivity index (χ1n) is 6.13. The van der Waals surface area contributed by atoms with E-state index in [0.29, 0.717) is 23.2 Å². The number of nitrogens with one attached hydrogen (secondary N) is 1. The molecule has 1 amide bonds. The van der Waals surface area contributed by atoms with Crippen molar-refractivity contribution >= 4 is 17.5 Å². The summed E-state index contributed by atoms with van der Waals surface area (Å²) in [5.41, 5.74) is 2.29. The Morgan fingerprint density at radius 1 is 1.35 bits per heavy atom. The lowest BCUT2D eigenvalue weighted by molar-refractivity contribution is 0.0950. The van der Waals surface area contributed by atoms with Crippen LogP contribution in [0, 0.1) is 19.7 Å². The number of halogens is 2. The van der Waals surface area contributed by atoms with E-state index in [1.165, 1.54) is 6.20 Å². The van der Waals surface area contributed by atoms with E-state index in [2.05, 4.69) is 10.3 Å². The fraction of sp³-hybridized carbons (Fsp3) is 0.200. The molecule has 1 N–H and O–H groups in total. The van der Waals surface area contributed by atoms with Gasteiger partial charge in [-0.1, -0.05) is 23.7 Å². The van der Waals surface area contributed by atoms with Gasteiger partial charge in [-0.15, -0.1) is 0 Å². The van der Waals surface area contributed by atoms with E-state index in [-0.39, 0.29) is 16.9 Å². The van der Waals surface area contributed by atoms with Crippen molar-refractivity contribution in [2.75, 3.05) is 0 Å². The van der Waals surface area contributed by atoms with E-state index in [4.69, 9.17) is 11.6 Å². The normalized spacial score (nSPS) is 10.4. The van der Waals surface area contributed by atoms with Gasteiger partial charge in [0.15, 0.2) is 0 Å². The summed E-state index contributed by atoms with van der Waals surface area (Å²) in [6, 6.07) is 6.68. The quantitative estimate of drug-likeness (QED) is 0.881. The molecule has 0 unspecified atom stereocenters. The molecule has 1 aromatic carbocycles. The van der Waals surface area contributed by atoms with Gasteiger partial charge in [0.2, 0.25) is 0 Å². The van der Waals surface area contributed by atoms with Gasteiger partial charge in [-0.05, 0) is 42.7 Å². The minimum absolute atomic E-state index is 0.163. The molecular weight excluding hydrogens is 279 g/mol. The number of carbonyl (C=O) groups excluding carboxylic acids is 1. The number of carbonyl (C=O) groups is 1. The molecule has 0 fully saturated rings. The monoisotopic (exact) mass is 292 g/mol. The van der Waals surface area contributed by atoms with Crippen molar-refractivity contribution in [3.8, 4) is 0 Å². The zero-order chi connectivity index (χ0) is 14.7. The van der Waals surface area contributed by atoms with Crippen LogP contribution in [-0.2, 0) is 6.54 Å². The smallest absolute Gasteiger partial charge is 0.254 e. The molecule has 0 bridgehead atoms. The summed E-state index contributed by atoms with van der Waals surface area (Å²) in [5, 5.41) is 2.91. The highest BCUT2D eigenvalue weighted by atomic mass is 35.5. The molecule has 1 heterocycles. The van der Waals surface area contributed by atoms with Gasteiger partial charge in [0, 0.05) is 12.7 Å². The van der Waals surface area contributed by atoms with Crippen LogP contribution in [0.1, 0.15) is 27.0 Å². The number of hydrogen-bond acceptors (Lipinski definition) is 2. The van der Waals surface area contributed by atoms with Crippen LogP contribution in [0.5, 0.6) is 0 Å². The fourth-order valence-electron chi connectivity index (χ4n) is 1.97. The lowest BCUT2D eigenvalue weighted by Crippen LogP contribution is -2.23. The van der Waals surface area contributed by atoms with Gasteiger partial charge < -0.3 is 5.32 Å². The molecule has 2 aromatic rings. The Bertz CT molecular complexity index is 635. The average Bonchev–Trinajstić information content (AvgIpc) is 2.42. The van der Waals surface area contributed by atoms with Crippen molar-refractivity contribution in [1.82, 2.24) is 10.3 Å². The molecule has 20 heavy (non-hydrogen) atoms. The second kappa shape index (κ2) is 6.01. The fourth-order valence-corrected chi connectivity index (χ4v) is 2.18. The number of rotatable bonds is 3. The molecule has 0 saturated carbocycles. The van der Waals surface area contributed by atoms with Gasteiger partial charge in [0.25, 0.3) is 5.91 Å². The maximum atomic E-state index is 13.5. The Morgan fingerprint density at radius 3 is 2.60 bits per heavy atom. The summed E-state index contributed by atoms with van der Waals surface area (Å²) in [6.45, 7) is 3.71. The van der Waals surface area contributed by atoms with Crippen molar-refractivity contribution in [3.05, 3.63) is 63.7 Å². The Balaban J connectivity index is 2.10. The minimum atomic E-state index is -0.303. The molecule has 0 aliphatic carbocycles. The average molecular weight is 293 g/mol. The zero-order valence-corrected chi connectivity index (χ0v) is 12.0. The second-order valence-corrected chi connectivity index (χ2v) is 4.93. The summed E-state index contributed by atoms with van der Waals surface area (Å²) in [7, 11) is 0. The van der Waals surface area contributed by atoms with E-state index < -0.39 is 0 Å². The molecule has 104 valence electrons. The number of pyridine rings is 1. The molecule has 0 atom stereocenters. The van der Waals surface area contributed by atoms with E-state index in [1.54, 1.807) is 38.1 Å². The predicted octanol–water partition coefficient (Wildman–Crippen LogP) is 3.42. The highest BCUT2D eigenvalue weighted by Crippen LogP contribution is 2.15. The topological polar surface area (TPSA) is 42.0 Å². The molecule has 3 nitrogen and oxygen atoms in total. The number of benzene rings is 1. The van der Waals surface area contributed by atoms with Crippen LogP contribution in [0.3, 0.4) is 0 Å². The second-order valence-electron chi connectivity index (χ2n) is 4.57. The van der Waals surface area contributed by atoms with Crippen LogP contribution in [0.2, 0.25) is 5.15 Å². The summed E-state index contributed by atoms with van der Waals surface area (Å²) >= 11 is 5.85. The maximum Gasteiger partial charge on any atom is 0.254 e. The first kappa shape index (κ1) is 14.5. The standard InChI is InChI=1S/C15H14ClFN2O/c1-9-6-11(7-10(2)13(9)17)8-19-15(20)12-4-3-5-18-14(12)16/h3-7H,8H2,1-2H3,(H,19,20). The molecule has 1 aromatic heterocycles. The molecule has 2 rings (SSSR count). The minimum Gasteiger partial charge on any atom is -0.348 e. The number of aryl methyl sites for hydroxylation is 2. The van der Waals surface area contributed by atoms with Crippen molar-refractivity contribution in [2.24, 2.45) is 0 Å². The summed E-state index contributed by atoms with van der Waals surface area (Å²) < 4.78 is 13.5. The summed E-state index contributed by atoms with van der Waals surface area (Å²) in [4.78, 5) is 15.8. The van der Waals surface area contributed by atoms with Crippen LogP contribution in [0.25, 0.3) is 0 Å². The van der Waals surface area contributed by atoms with Crippen LogP contribution < -0.4 is 5.32 Å². The molecule has 0 aliphatic heterocycles. The molecule has 0 saturated heterocycles. The van der Waals surface area contributed by atoms with Gasteiger partial charge in [0.1, 0.15) is 11.0 Å². The Hall–Kier alpha value is -1.94. The van der Waals surface area contributed by atoms with Crippen molar-refractivity contribution < 1.29 is 9.18 Å². The summed E-state index contributed by atoms with van der Waals surface area (Å²) in [6.07, 6.45) is 1.52. The van der Waals surface area contributed by atoms with Gasteiger partial charge in [-0.2, -0.15) is 0 Å². The van der Waals surface area contributed by atoms with Gasteiger partial charge >= 0.3 is 0 Å². The Morgan fingerprint density at radius 2 is 2.00 bits per heavy atom. The largest absolute Gasteiger partial charge is 0.348 e. The number of aromatic nitrogens is 1. The van der Waals surface area contributed by atoms with E-state index in [1.807, 2.05) is 0 Å². The third-order valence-electron chi connectivity index (χ3n) is 2.95. The van der Waals surface area contributed by atoms with Gasteiger partial charge in [-0.3, -0.25) is 4.79 Å². The van der Waals surface area contributed by atoms with Crippen LogP contribution in [-0.4, -0.2) is 10.9 Å². The predicted molar refractivity (Wildman–Crippen MR) is 76.3 cm³/mol. The third kappa shape index (κ3) is 3.14. The maximum absolute atomic E-state index is 13.5. The third-order valence-corrected chi connectivity index (χ3v) is 3.25. The molecular formula is C15H14ClFN2O. The number of amides is 1. The first-order chi connectivity index (χ1) is 9.49. The Kier molecular flexibility index (Phi) is 4.35. The van der Waals surface area contributed by atoms with E-state index in [0.717, 1.165) is 5.56 Å². The Labute approximate surface area is 121 Å². The van der Waals surface area contributed by atoms with Crippen LogP contribution in [0.15, 0.2) is 30.5 Å². The molecule has 5 heteroatoms. The van der Waals surface area contributed by atoms with Crippen LogP contribution >= 0.6 is 11.6 Å². The summed E-state index contributed by atoms with van der Waals surface area (Å²) in [5.74, 6) is -0.516. The van der Waals surface area contributed by atoms with E-state index in [9.17, 15) is 9.18 Å². The number of nitrogens with zero attached hydrogens (tertiary/aromatic N) is 1. The van der Waals surface area contributed by atoms with Crippen molar-refractivity contribution in [1.29, 1.82) is 0 Å². The highest BCUT2D eigenvalue weighted by Gasteiger charge is 2.11. The zero-order valence-electron chi connectivity index (χ0n) is 11.2. The van der Waals surface area contributed by atoms with Gasteiger partial charge in [0.05, 0.1) is 5.56 Å². The van der Waals surface area contributed by atoms with Gasteiger partial charge in [-0.25, -0.2) is 9.37 Å².